The summed E-state index contributed by atoms with van der Waals surface area (Å²) in [5.74, 6) is 0.420. The molecular weight excluding hydrogens is 340 g/mol. The fourth-order valence-corrected chi connectivity index (χ4v) is 7.04. The van der Waals surface area contributed by atoms with E-state index in [1.54, 1.807) is 19.3 Å². The lowest BCUT2D eigenvalue weighted by atomic mass is 9.40. The molecule has 1 spiro atoms. The number of methoxy groups -OCH3 is 1. The molecule has 2 heterocycles. The zero-order chi connectivity index (χ0) is 19.2. The maximum absolute atomic E-state index is 10.6. The van der Waals surface area contributed by atoms with Crippen LogP contribution >= 0.6 is 0 Å². The summed E-state index contributed by atoms with van der Waals surface area (Å²) in [6.45, 7) is 7.33. The zero-order valence-electron chi connectivity index (χ0n) is 16.2. The van der Waals surface area contributed by atoms with E-state index in [9.17, 15) is 10.4 Å². The first kappa shape index (κ1) is 17.1. The summed E-state index contributed by atoms with van der Waals surface area (Å²) in [7, 11) is 3.83. The number of hydrogen-bond acceptors (Lipinski definition) is 5. The molecule has 2 aliphatic heterocycles. The van der Waals surface area contributed by atoms with Gasteiger partial charge in [-0.2, -0.15) is 5.26 Å². The molecule has 27 heavy (non-hydrogen) atoms. The highest BCUT2D eigenvalue weighted by molar-refractivity contribution is 5.63. The molecular formula is C22H26N2O3. The number of rotatable bonds is 2. The Balaban J connectivity index is 1.87. The van der Waals surface area contributed by atoms with Crippen LogP contribution < -0.4 is 4.74 Å². The Labute approximate surface area is 160 Å². The first-order valence-electron chi connectivity index (χ1n) is 9.70. The van der Waals surface area contributed by atoms with Crippen LogP contribution in [0.15, 0.2) is 24.8 Å². The number of likely N-dealkylation sites (N-methyl/N-ethyl adjacent to an activating group) is 1. The first-order valence-corrected chi connectivity index (χ1v) is 9.70. The number of nitriles is 1. The van der Waals surface area contributed by atoms with E-state index in [1.807, 2.05) is 6.07 Å². The molecule has 2 aliphatic carbocycles. The van der Waals surface area contributed by atoms with Crippen LogP contribution in [0.4, 0.5) is 0 Å². The predicted molar refractivity (Wildman–Crippen MR) is 101 cm³/mol. The van der Waals surface area contributed by atoms with Crippen LogP contribution in [-0.2, 0) is 16.6 Å². The zero-order valence-corrected chi connectivity index (χ0v) is 16.2. The molecule has 1 aromatic rings. The van der Waals surface area contributed by atoms with Gasteiger partial charge in [0.1, 0.15) is 11.7 Å². The number of likely N-dealkylation sites (tertiary alicyclic amines) is 1. The van der Waals surface area contributed by atoms with Crippen LogP contribution in [0.5, 0.6) is 11.5 Å². The molecule has 6 atom stereocenters. The van der Waals surface area contributed by atoms with Crippen molar-refractivity contribution in [1.29, 1.82) is 5.26 Å². The van der Waals surface area contributed by atoms with Crippen LogP contribution in [0, 0.1) is 22.7 Å². The van der Waals surface area contributed by atoms with Crippen molar-refractivity contribution < 1.29 is 14.6 Å². The lowest BCUT2D eigenvalue weighted by Gasteiger charge is -2.67. The number of phenols is 1. The van der Waals surface area contributed by atoms with Crippen molar-refractivity contribution >= 4 is 0 Å². The molecule has 4 aliphatic rings. The van der Waals surface area contributed by atoms with Crippen molar-refractivity contribution in [2.24, 2.45) is 11.3 Å². The topological polar surface area (TPSA) is 65.7 Å². The molecule has 0 aromatic heterocycles. The molecule has 0 unspecified atom stereocenters. The quantitative estimate of drug-likeness (QED) is 0.816. The van der Waals surface area contributed by atoms with E-state index in [1.165, 1.54) is 5.56 Å². The average Bonchev–Trinajstić information content (AvgIpc) is 3.02. The minimum Gasteiger partial charge on any atom is -0.504 e. The monoisotopic (exact) mass is 366 g/mol. The van der Waals surface area contributed by atoms with E-state index in [0.717, 1.165) is 31.4 Å². The molecule has 5 nitrogen and oxygen atoms in total. The normalized spacial score (nSPS) is 44.1. The van der Waals surface area contributed by atoms with Crippen LogP contribution in [0.3, 0.4) is 0 Å². The number of piperidine rings is 1. The third-order valence-corrected chi connectivity index (χ3v) is 8.32. The van der Waals surface area contributed by atoms with Gasteiger partial charge in [0.2, 0.25) is 0 Å². The summed E-state index contributed by atoms with van der Waals surface area (Å²) < 4.78 is 12.5. The van der Waals surface area contributed by atoms with Crippen LogP contribution in [0.1, 0.15) is 30.9 Å². The Bertz CT molecular complexity index is 892. The highest BCUT2D eigenvalue weighted by Gasteiger charge is 2.76. The molecule has 0 radical (unpaired) electrons. The smallest absolute Gasteiger partial charge is 0.165 e. The summed E-state index contributed by atoms with van der Waals surface area (Å²) in [4.78, 5) is 2.44. The van der Waals surface area contributed by atoms with Gasteiger partial charge in [-0.15, -0.1) is 6.58 Å². The van der Waals surface area contributed by atoms with E-state index < -0.39 is 5.60 Å². The van der Waals surface area contributed by atoms with Gasteiger partial charge in [0, 0.05) is 24.1 Å². The van der Waals surface area contributed by atoms with Gasteiger partial charge in [-0.05, 0) is 49.9 Å². The van der Waals surface area contributed by atoms with Crippen LogP contribution in [0.2, 0.25) is 0 Å². The largest absolute Gasteiger partial charge is 0.504 e. The van der Waals surface area contributed by atoms with Crippen molar-refractivity contribution in [2.75, 3.05) is 20.7 Å². The van der Waals surface area contributed by atoms with E-state index in [-0.39, 0.29) is 28.6 Å². The van der Waals surface area contributed by atoms with Crippen LogP contribution in [-0.4, -0.2) is 48.5 Å². The molecule has 0 amide bonds. The van der Waals surface area contributed by atoms with Gasteiger partial charge in [-0.3, -0.25) is 0 Å². The lowest BCUT2D eigenvalue weighted by Crippen LogP contribution is -2.76. The minimum atomic E-state index is -0.894. The lowest BCUT2D eigenvalue weighted by molar-refractivity contribution is -0.200. The molecule has 142 valence electrons. The molecule has 5 rings (SSSR count). The summed E-state index contributed by atoms with van der Waals surface area (Å²) in [5, 5.41) is 20.7. The van der Waals surface area contributed by atoms with Gasteiger partial charge in [0.05, 0.1) is 12.0 Å². The second kappa shape index (κ2) is 5.06. The summed E-state index contributed by atoms with van der Waals surface area (Å²) in [6.07, 6.45) is 3.97. The van der Waals surface area contributed by atoms with Gasteiger partial charge >= 0.3 is 0 Å². The molecule has 1 saturated heterocycles. The predicted octanol–water partition coefficient (Wildman–Crippen LogP) is 2.77. The fourth-order valence-electron chi connectivity index (χ4n) is 7.04. The van der Waals surface area contributed by atoms with Gasteiger partial charge in [0.25, 0.3) is 0 Å². The Hall–Kier alpha value is -2.03. The number of benzene rings is 1. The van der Waals surface area contributed by atoms with E-state index in [0.29, 0.717) is 11.8 Å². The average molecular weight is 366 g/mol. The van der Waals surface area contributed by atoms with Crippen molar-refractivity contribution in [3.8, 4) is 17.6 Å². The minimum absolute atomic E-state index is 0.137. The number of hydrogen-bond donors (Lipinski definition) is 1. The van der Waals surface area contributed by atoms with E-state index in [4.69, 9.17) is 9.47 Å². The summed E-state index contributed by atoms with van der Waals surface area (Å²) in [6, 6.07) is 6.62. The van der Waals surface area contributed by atoms with E-state index in [2.05, 4.69) is 31.5 Å². The number of ether oxygens (including phenoxy) is 2. The summed E-state index contributed by atoms with van der Waals surface area (Å²) in [5.41, 5.74) is 1.09. The standard InChI is InChI=1S/C22H26N2O3/c1-5-22(26-4)14(12-23)11-20(2)16-10-13-6-7-15(25)18-17(13)21(20,19(22)27-18)8-9-24(16)3/h5-7,14,16,19,25H,1,8-11H2,2-4H3/t14-,16+,19+,20+,21-,22+/m0/s1. The van der Waals surface area contributed by atoms with Crippen molar-refractivity contribution in [3.63, 3.8) is 0 Å². The third kappa shape index (κ3) is 1.60. The molecule has 1 aromatic carbocycles. The van der Waals surface area contributed by atoms with Crippen molar-refractivity contribution in [2.45, 2.75) is 49.3 Å². The highest BCUT2D eigenvalue weighted by atomic mass is 16.6. The number of phenolic OH excluding ortho intramolecular Hbond substituents is 1. The summed E-state index contributed by atoms with van der Waals surface area (Å²) >= 11 is 0. The Morgan fingerprint density at radius 2 is 2.26 bits per heavy atom. The molecule has 1 saturated carbocycles. The molecule has 5 heteroatoms. The van der Waals surface area contributed by atoms with Crippen molar-refractivity contribution in [1.82, 2.24) is 4.90 Å². The maximum Gasteiger partial charge on any atom is 0.165 e. The highest BCUT2D eigenvalue weighted by Crippen LogP contribution is 2.71. The number of nitrogens with zero attached hydrogens (tertiary/aromatic N) is 2. The van der Waals surface area contributed by atoms with Gasteiger partial charge in [-0.25, -0.2) is 0 Å². The van der Waals surface area contributed by atoms with E-state index >= 15 is 0 Å². The van der Waals surface area contributed by atoms with Gasteiger partial charge < -0.3 is 19.5 Å². The Morgan fingerprint density at radius 3 is 2.93 bits per heavy atom. The second-order valence-electron chi connectivity index (χ2n) is 8.93. The molecule has 1 N–H and O–H groups in total. The third-order valence-electron chi connectivity index (χ3n) is 8.32. The van der Waals surface area contributed by atoms with Crippen molar-refractivity contribution in [3.05, 3.63) is 35.9 Å². The number of aromatic hydroxyl groups is 1. The SMILES string of the molecule is C=C[C@@]1(OC)[C@H](C#N)C[C@]2(C)[C@H]3Cc4ccc(O)c5c4[C@@]2(CCN3C)[C@H]1O5. The van der Waals surface area contributed by atoms with Gasteiger partial charge in [-0.1, -0.05) is 19.1 Å². The fraction of sp³-hybridized carbons (Fsp3) is 0.591. The van der Waals surface area contributed by atoms with Crippen LogP contribution in [0.25, 0.3) is 0 Å². The Kier molecular flexibility index (Phi) is 3.21. The first-order chi connectivity index (χ1) is 12.9. The molecule has 2 fully saturated rings. The maximum atomic E-state index is 10.6. The Morgan fingerprint density at radius 1 is 1.48 bits per heavy atom. The molecule has 2 bridgehead atoms. The second-order valence-corrected chi connectivity index (χ2v) is 8.93. The van der Waals surface area contributed by atoms with Gasteiger partial charge in [0.15, 0.2) is 11.5 Å².